The van der Waals surface area contributed by atoms with Gasteiger partial charge in [-0.1, -0.05) is 208 Å². The summed E-state index contributed by atoms with van der Waals surface area (Å²) in [5.41, 5.74) is 29.7. The van der Waals surface area contributed by atoms with Crippen LogP contribution in [0.2, 0.25) is 0 Å². The van der Waals surface area contributed by atoms with Crippen molar-refractivity contribution in [3.63, 3.8) is 0 Å². The zero-order valence-electron chi connectivity index (χ0n) is 45.6. The molecule has 0 amide bonds. The second-order valence-corrected chi connectivity index (χ2v) is 27.6. The van der Waals surface area contributed by atoms with Crippen molar-refractivity contribution >= 4 is 80.3 Å². The maximum atomic E-state index is 2.66. The Morgan fingerprint density at radius 1 is 0.257 bits per heavy atom. The van der Waals surface area contributed by atoms with Gasteiger partial charge in [-0.15, -0.1) is 0 Å². The van der Waals surface area contributed by atoms with Crippen molar-refractivity contribution in [3.8, 4) is 22.3 Å². The lowest BCUT2D eigenvalue weighted by atomic mass is 9.34. The average molecular weight is 917 g/mol. The summed E-state index contributed by atoms with van der Waals surface area (Å²) in [6.45, 7) is 42.4. The van der Waals surface area contributed by atoms with Crippen LogP contribution in [0.3, 0.4) is 0 Å². The first-order valence-electron chi connectivity index (χ1n) is 26.2. The van der Waals surface area contributed by atoms with E-state index in [9.17, 15) is 0 Å². The molecule has 4 aliphatic rings. The molecule has 0 aromatic heterocycles. The zero-order chi connectivity index (χ0) is 50.2. The third-order valence-corrected chi connectivity index (χ3v) is 16.4. The van der Waals surface area contributed by atoms with Gasteiger partial charge in [0.2, 0.25) is 13.4 Å². The summed E-state index contributed by atoms with van der Waals surface area (Å²) in [7, 11) is 0. The first-order chi connectivity index (χ1) is 32.5. The molecule has 0 saturated carbocycles. The smallest absolute Gasteiger partial charge is 0.248 e. The van der Waals surface area contributed by atoms with Gasteiger partial charge in [0.05, 0.1) is 0 Å². The summed E-state index contributed by atoms with van der Waals surface area (Å²) >= 11 is 0. The predicted octanol–water partition coefficient (Wildman–Crippen LogP) is 14.0. The summed E-state index contributed by atoms with van der Waals surface area (Å²) in [5.74, 6) is 0. The van der Waals surface area contributed by atoms with Crippen LogP contribution in [0.1, 0.15) is 158 Å². The molecule has 7 aromatic rings. The van der Waals surface area contributed by atoms with E-state index in [4.69, 9.17) is 0 Å². The molecule has 0 radical (unpaired) electrons. The van der Waals surface area contributed by atoms with Crippen molar-refractivity contribution in [3.05, 3.63) is 155 Å². The number of nitrogens with zero attached hydrogens (tertiary/aromatic N) is 2. The fraction of sp³-hybridized carbons (Fsp3) is 0.364. The van der Waals surface area contributed by atoms with Crippen LogP contribution in [-0.4, -0.2) is 13.4 Å². The summed E-state index contributed by atoms with van der Waals surface area (Å²) in [5, 5.41) is 0. The largest absolute Gasteiger partial charge is 0.312 e. The van der Waals surface area contributed by atoms with Crippen LogP contribution >= 0.6 is 0 Å². The zero-order valence-corrected chi connectivity index (χ0v) is 45.6. The molecule has 0 spiro atoms. The Morgan fingerprint density at radius 3 is 0.843 bits per heavy atom. The topological polar surface area (TPSA) is 6.48 Å². The summed E-state index contributed by atoms with van der Waals surface area (Å²) in [4.78, 5) is 5.31. The lowest BCUT2D eigenvalue weighted by molar-refractivity contribution is 0.589. The van der Waals surface area contributed by atoms with Gasteiger partial charge in [-0.3, -0.25) is 0 Å². The lowest BCUT2D eigenvalue weighted by Gasteiger charge is -2.42. The van der Waals surface area contributed by atoms with Gasteiger partial charge in [-0.2, -0.15) is 0 Å². The standard InChI is InChI=1S/C66H74B2N2/c1-61(2,3)39-19-25-45(26-20-39)69-55-37-54-56(38-53(55)67-51-29-23-41(63(7,8)9)31-47(51)49-33-43(65(13,14)15)35-57(69)59(49)67)70(46-27-21-40(22-28-46)62(4,5)6)58-36-44(66(16,17)18)34-50-48-32-42(64(10,11)12)24-30-52(48)68(54)60(50)58/h19-38H,1-18H3. The molecule has 4 heteroatoms. The third-order valence-electron chi connectivity index (χ3n) is 16.4. The van der Waals surface area contributed by atoms with E-state index in [2.05, 4.69) is 256 Å². The van der Waals surface area contributed by atoms with E-state index in [1.54, 1.807) is 0 Å². The molecule has 0 bridgehead atoms. The number of fused-ring (bicyclic) bond motifs is 10. The van der Waals surface area contributed by atoms with Gasteiger partial charge in [0.25, 0.3) is 0 Å². The Kier molecular flexibility index (Phi) is 9.94. The fourth-order valence-electron chi connectivity index (χ4n) is 12.0. The van der Waals surface area contributed by atoms with Crippen LogP contribution in [-0.2, 0) is 32.5 Å². The van der Waals surface area contributed by atoms with Crippen LogP contribution in [0, 0.1) is 0 Å². The predicted molar refractivity (Wildman–Crippen MR) is 308 cm³/mol. The Balaban J connectivity index is 1.27. The van der Waals surface area contributed by atoms with Gasteiger partial charge < -0.3 is 9.80 Å². The highest BCUT2D eigenvalue weighted by Gasteiger charge is 2.48. The SMILES string of the molecule is CC(C)(C)c1ccc(N2c3cc4c(cc3B3c5ccc(C(C)(C)C)cc5-c5cc(C(C)(C)C)cc2c53)N(c2ccc(C(C)(C)C)cc2)c2cc(C(C)(C)C)cc3c2B4c2ccc(C(C)(C)C)cc2-3)cc1. The van der Waals surface area contributed by atoms with Crippen molar-refractivity contribution in [1.82, 2.24) is 0 Å². The number of hydrogen-bond acceptors (Lipinski definition) is 2. The van der Waals surface area contributed by atoms with Crippen LogP contribution in [0.15, 0.2) is 121 Å². The molecular formula is C66H74B2N2. The first kappa shape index (κ1) is 46.6. The minimum Gasteiger partial charge on any atom is -0.312 e. The van der Waals surface area contributed by atoms with Gasteiger partial charge in [0.15, 0.2) is 0 Å². The second kappa shape index (κ2) is 14.9. The number of benzene rings is 7. The summed E-state index contributed by atoms with van der Waals surface area (Å²) < 4.78 is 0. The molecule has 0 unspecified atom stereocenters. The van der Waals surface area contributed by atoms with Crippen molar-refractivity contribution < 1.29 is 0 Å². The minimum atomic E-state index is -0.0577. The Bertz CT molecular complexity index is 3090. The summed E-state index contributed by atoms with van der Waals surface area (Å²) in [6.07, 6.45) is 0. The number of hydrogen-bond donors (Lipinski definition) is 0. The highest BCUT2D eigenvalue weighted by molar-refractivity contribution is 7.03. The molecule has 0 N–H and O–H groups in total. The van der Waals surface area contributed by atoms with Crippen LogP contribution in [0.4, 0.5) is 34.1 Å². The second-order valence-electron chi connectivity index (χ2n) is 27.6. The molecular weight excluding hydrogens is 842 g/mol. The molecule has 70 heavy (non-hydrogen) atoms. The maximum Gasteiger partial charge on any atom is 0.248 e. The molecule has 0 atom stereocenters. The average Bonchev–Trinajstić information content (AvgIpc) is 3.78. The molecule has 0 fully saturated rings. The Hall–Kier alpha value is -5.73. The molecule has 4 heterocycles. The van der Waals surface area contributed by atoms with E-state index < -0.39 is 0 Å². The molecule has 0 saturated heterocycles. The van der Waals surface area contributed by atoms with E-state index in [1.165, 1.54) is 123 Å². The van der Waals surface area contributed by atoms with Gasteiger partial charge in [-0.05, 0) is 159 Å². The molecule has 7 aromatic carbocycles. The van der Waals surface area contributed by atoms with Crippen molar-refractivity contribution in [1.29, 1.82) is 0 Å². The quantitative estimate of drug-likeness (QED) is 0.159. The van der Waals surface area contributed by atoms with Crippen LogP contribution in [0.25, 0.3) is 22.3 Å². The van der Waals surface area contributed by atoms with E-state index in [0.29, 0.717) is 0 Å². The van der Waals surface area contributed by atoms with Crippen LogP contribution < -0.4 is 42.6 Å². The number of rotatable bonds is 2. The Morgan fingerprint density at radius 2 is 0.543 bits per heavy atom. The van der Waals surface area contributed by atoms with Gasteiger partial charge in [0.1, 0.15) is 0 Å². The Labute approximate surface area is 422 Å². The minimum absolute atomic E-state index is 0.0160. The normalized spacial score (nSPS) is 14.9. The maximum absolute atomic E-state index is 2.66. The summed E-state index contributed by atoms with van der Waals surface area (Å²) in [6, 6.07) is 49.4. The van der Waals surface area contributed by atoms with E-state index in [1.807, 2.05) is 0 Å². The van der Waals surface area contributed by atoms with Crippen molar-refractivity contribution in [2.75, 3.05) is 9.80 Å². The monoisotopic (exact) mass is 917 g/mol. The van der Waals surface area contributed by atoms with Gasteiger partial charge in [0, 0.05) is 34.1 Å². The van der Waals surface area contributed by atoms with E-state index in [-0.39, 0.29) is 45.9 Å². The van der Waals surface area contributed by atoms with Gasteiger partial charge >= 0.3 is 0 Å². The highest BCUT2D eigenvalue weighted by atomic mass is 15.2. The molecule has 0 aliphatic carbocycles. The molecule has 4 aliphatic heterocycles. The lowest BCUT2D eigenvalue weighted by Crippen LogP contribution is -2.59. The third kappa shape index (κ3) is 7.19. The highest BCUT2D eigenvalue weighted by Crippen LogP contribution is 2.48. The van der Waals surface area contributed by atoms with E-state index in [0.717, 1.165) is 0 Å². The van der Waals surface area contributed by atoms with E-state index >= 15 is 0 Å². The van der Waals surface area contributed by atoms with Gasteiger partial charge in [-0.25, -0.2) is 0 Å². The van der Waals surface area contributed by atoms with Crippen molar-refractivity contribution in [2.24, 2.45) is 0 Å². The molecule has 2 nitrogen and oxygen atoms in total. The molecule has 354 valence electrons. The van der Waals surface area contributed by atoms with Crippen molar-refractivity contribution in [2.45, 2.75) is 157 Å². The first-order valence-corrected chi connectivity index (χ1v) is 26.2. The fourth-order valence-corrected chi connectivity index (χ4v) is 12.0. The number of anilines is 6. The molecule has 11 rings (SSSR count). The van der Waals surface area contributed by atoms with Crippen LogP contribution in [0.5, 0.6) is 0 Å².